The predicted molar refractivity (Wildman–Crippen MR) is 73.3 cm³/mol. The minimum absolute atomic E-state index is 0.0616. The number of rotatable bonds is 4. The Labute approximate surface area is 124 Å². The van der Waals surface area contributed by atoms with Crippen LogP contribution in [0.15, 0.2) is 22.7 Å². The second kappa shape index (κ2) is 6.23. The molecule has 9 heteroatoms. The highest BCUT2D eigenvalue weighted by Gasteiger charge is 2.11. The van der Waals surface area contributed by atoms with Crippen LogP contribution in [0.3, 0.4) is 0 Å². The molecule has 2 rings (SSSR count). The normalized spacial score (nSPS) is 10.2. The average Bonchev–Trinajstić information content (AvgIpc) is 2.84. The molecule has 0 spiro atoms. The maximum Gasteiger partial charge on any atom is 0.337 e. The first kappa shape index (κ1) is 14.8. The van der Waals surface area contributed by atoms with Crippen molar-refractivity contribution in [1.29, 1.82) is 0 Å². The Morgan fingerprint density at radius 3 is 2.81 bits per heavy atom. The van der Waals surface area contributed by atoms with Gasteiger partial charge in [-0.05, 0) is 25.1 Å². The lowest BCUT2D eigenvalue weighted by molar-refractivity contribution is 0.0697. The van der Waals surface area contributed by atoms with Gasteiger partial charge in [0.05, 0.1) is 17.1 Å². The molecule has 0 radical (unpaired) electrons. The number of urea groups is 1. The topological polar surface area (TPSA) is 117 Å². The maximum absolute atomic E-state index is 11.7. The van der Waals surface area contributed by atoms with E-state index in [1.165, 1.54) is 18.2 Å². The number of carboxylic acids is 1. The zero-order chi connectivity index (χ0) is 15.4. The summed E-state index contributed by atoms with van der Waals surface area (Å²) in [6, 6.07) is 3.61. The van der Waals surface area contributed by atoms with Crippen molar-refractivity contribution in [2.45, 2.75) is 13.5 Å². The van der Waals surface area contributed by atoms with Crippen LogP contribution < -0.4 is 10.6 Å². The van der Waals surface area contributed by atoms with Crippen molar-refractivity contribution < 1.29 is 19.2 Å². The number of halogens is 1. The Balaban J connectivity index is 1.96. The predicted octanol–water partition coefficient (Wildman–Crippen LogP) is 2.05. The summed E-state index contributed by atoms with van der Waals surface area (Å²) in [4.78, 5) is 26.5. The lowest BCUT2D eigenvalue weighted by Crippen LogP contribution is -2.28. The molecule has 0 aliphatic heterocycles. The van der Waals surface area contributed by atoms with E-state index in [-0.39, 0.29) is 23.0 Å². The summed E-state index contributed by atoms with van der Waals surface area (Å²) >= 11 is 5.73. The fourth-order valence-electron chi connectivity index (χ4n) is 1.51. The van der Waals surface area contributed by atoms with Crippen LogP contribution in [0.4, 0.5) is 10.5 Å². The third kappa shape index (κ3) is 3.93. The highest BCUT2D eigenvalue weighted by Crippen LogP contribution is 2.20. The summed E-state index contributed by atoms with van der Waals surface area (Å²) in [5, 5.41) is 17.6. The van der Waals surface area contributed by atoms with Gasteiger partial charge >= 0.3 is 12.0 Å². The second-order valence-electron chi connectivity index (χ2n) is 4.04. The van der Waals surface area contributed by atoms with Crippen LogP contribution in [0.2, 0.25) is 5.02 Å². The first-order valence-corrected chi connectivity index (χ1v) is 6.20. The minimum atomic E-state index is -1.18. The molecule has 0 aliphatic carbocycles. The quantitative estimate of drug-likeness (QED) is 0.795. The van der Waals surface area contributed by atoms with E-state index in [1.807, 2.05) is 0 Å². The number of aromatic nitrogens is 2. The zero-order valence-electron chi connectivity index (χ0n) is 10.9. The second-order valence-corrected chi connectivity index (χ2v) is 4.45. The monoisotopic (exact) mass is 310 g/mol. The summed E-state index contributed by atoms with van der Waals surface area (Å²) < 4.78 is 4.83. The summed E-state index contributed by atoms with van der Waals surface area (Å²) in [5.41, 5.74) is 0.206. The van der Waals surface area contributed by atoms with Gasteiger partial charge in [0.25, 0.3) is 0 Å². The number of aryl methyl sites for hydroxylation is 1. The number of benzene rings is 1. The first-order chi connectivity index (χ1) is 9.95. The summed E-state index contributed by atoms with van der Waals surface area (Å²) in [6.07, 6.45) is 0. The van der Waals surface area contributed by atoms with E-state index in [0.717, 1.165) is 0 Å². The number of aromatic carboxylic acids is 1. The molecule has 3 N–H and O–H groups in total. The molecule has 2 amide bonds. The summed E-state index contributed by atoms with van der Waals surface area (Å²) in [7, 11) is 0. The van der Waals surface area contributed by atoms with E-state index in [0.29, 0.717) is 11.5 Å². The fourth-order valence-corrected chi connectivity index (χ4v) is 1.71. The smallest absolute Gasteiger partial charge is 0.337 e. The largest absolute Gasteiger partial charge is 0.478 e. The Morgan fingerprint density at radius 2 is 2.19 bits per heavy atom. The molecule has 1 aromatic heterocycles. The van der Waals surface area contributed by atoms with Crippen LogP contribution in [-0.4, -0.2) is 27.2 Å². The van der Waals surface area contributed by atoms with E-state index in [4.69, 9.17) is 21.2 Å². The zero-order valence-corrected chi connectivity index (χ0v) is 11.6. The van der Waals surface area contributed by atoms with Gasteiger partial charge in [-0.1, -0.05) is 16.8 Å². The van der Waals surface area contributed by atoms with Crippen LogP contribution in [0, 0.1) is 6.92 Å². The van der Waals surface area contributed by atoms with Crippen molar-refractivity contribution in [3.8, 4) is 0 Å². The average molecular weight is 311 g/mol. The van der Waals surface area contributed by atoms with Crippen LogP contribution >= 0.6 is 11.6 Å². The third-order valence-corrected chi connectivity index (χ3v) is 2.75. The summed E-state index contributed by atoms with van der Waals surface area (Å²) in [6.45, 7) is 1.72. The van der Waals surface area contributed by atoms with Gasteiger partial charge in [-0.15, -0.1) is 0 Å². The number of hydrogen-bond donors (Lipinski definition) is 3. The molecule has 110 valence electrons. The maximum atomic E-state index is 11.7. The third-order valence-electron chi connectivity index (χ3n) is 2.42. The van der Waals surface area contributed by atoms with E-state index >= 15 is 0 Å². The van der Waals surface area contributed by atoms with Gasteiger partial charge in [0, 0.05) is 5.69 Å². The molecule has 21 heavy (non-hydrogen) atoms. The van der Waals surface area contributed by atoms with E-state index in [1.54, 1.807) is 6.92 Å². The van der Waals surface area contributed by atoms with Crippen LogP contribution in [0.5, 0.6) is 0 Å². The lowest BCUT2D eigenvalue weighted by atomic mass is 10.2. The SMILES string of the molecule is Cc1noc(CNC(=O)Nc2ccc(Cl)c(C(=O)O)c2)n1. The number of carbonyl (C=O) groups excluding carboxylic acids is 1. The first-order valence-electron chi connectivity index (χ1n) is 5.82. The van der Waals surface area contributed by atoms with E-state index in [9.17, 15) is 9.59 Å². The molecule has 2 aromatic rings. The minimum Gasteiger partial charge on any atom is -0.478 e. The van der Waals surface area contributed by atoms with Crippen molar-refractivity contribution >= 4 is 29.3 Å². The van der Waals surface area contributed by atoms with Crippen molar-refractivity contribution in [2.75, 3.05) is 5.32 Å². The lowest BCUT2D eigenvalue weighted by Gasteiger charge is -2.07. The van der Waals surface area contributed by atoms with Crippen LogP contribution in [0.1, 0.15) is 22.1 Å². The number of carbonyl (C=O) groups is 2. The van der Waals surface area contributed by atoms with Crippen molar-refractivity contribution in [1.82, 2.24) is 15.5 Å². The van der Waals surface area contributed by atoms with Gasteiger partial charge in [0.15, 0.2) is 5.82 Å². The highest BCUT2D eigenvalue weighted by atomic mass is 35.5. The summed E-state index contributed by atoms with van der Waals surface area (Å²) in [5.74, 6) is -0.439. The van der Waals surface area contributed by atoms with Gasteiger partial charge in [-0.2, -0.15) is 4.98 Å². The number of amides is 2. The number of anilines is 1. The molecule has 0 saturated heterocycles. The molecular formula is C12H11ClN4O4. The van der Waals surface area contributed by atoms with Gasteiger partial charge in [-0.3, -0.25) is 0 Å². The van der Waals surface area contributed by atoms with E-state index < -0.39 is 12.0 Å². The van der Waals surface area contributed by atoms with Gasteiger partial charge in [0.2, 0.25) is 5.89 Å². The van der Waals surface area contributed by atoms with Crippen molar-refractivity contribution in [3.63, 3.8) is 0 Å². The van der Waals surface area contributed by atoms with Crippen LogP contribution in [-0.2, 0) is 6.54 Å². The Kier molecular flexibility index (Phi) is 4.39. The van der Waals surface area contributed by atoms with Crippen molar-refractivity contribution in [3.05, 3.63) is 40.5 Å². The number of carboxylic acid groups (broad SMARTS) is 1. The fraction of sp³-hybridized carbons (Fsp3) is 0.167. The Bertz CT molecular complexity index is 686. The molecule has 0 bridgehead atoms. The Hall–Kier alpha value is -2.61. The van der Waals surface area contributed by atoms with E-state index in [2.05, 4.69) is 20.8 Å². The molecule has 1 heterocycles. The van der Waals surface area contributed by atoms with Crippen LogP contribution in [0.25, 0.3) is 0 Å². The van der Waals surface area contributed by atoms with Crippen molar-refractivity contribution in [2.24, 2.45) is 0 Å². The molecule has 0 saturated carbocycles. The standard InChI is InChI=1S/C12H11ClN4O4/c1-6-15-10(21-17-6)5-14-12(20)16-7-2-3-9(13)8(4-7)11(18)19/h2-4H,5H2,1H3,(H,18,19)(H2,14,16,20). The van der Waals surface area contributed by atoms with Gasteiger partial charge in [-0.25, -0.2) is 9.59 Å². The molecule has 1 aromatic carbocycles. The number of nitrogens with one attached hydrogen (secondary N) is 2. The molecule has 8 nitrogen and oxygen atoms in total. The Morgan fingerprint density at radius 1 is 1.43 bits per heavy atom. The van der Waals surface area contributed by atoms with Gasteiger partial charge in [0.1, 0.15) is 0 Å². The molecule has 0 fully saturated rings. The molecule has 0 atom stereocenters. The highest BCUT2D eigenvalue weighted by molar-refractivity contribution is 6.33. The molecule has 0 unspecified atom stereocenters. The molecule has 0 aliphatic rings. The number of hydrogen-bond acceptors (Lipinski definition) is 5. The van der Waals surface area contributed by atoms with Gasteiger partial charge < -0.3 is 20.3 Å². The number of nitrogens with zero attached hydrogens (tertiary/aromatic N) is 2. The molecular weight excluding hydrogens is 300 g/mol.